The van der Waals surface area contributed by atoms with Crippen molar-refractivity contribution >= 4 is 5.91 Å². The van der Waals surface area contributed by atoms with Gasteiger partial charge in [-0.2, -0.15) is 0 Å². The van der Waals surface area contributed by atoms with E-state index in [1.165, 1.54) is 32.1 Å². The molecule has 23 heavy (non-hydrogen) atoms. The molecule has 1 saturated carbocycles. The van der Waals surface area contributed by atoms with E-state index in [-0.39, 0.29) is 5.91 Å². The molecule has 1 heterocycles. The van der Waals surface area contributed by atoms with Crippen molar-refractivity contribution < 1.29 is 9.32 Å². The topological polar surface area (TPSA) is 46.3 Å². The van der Waals surface area contributed by atoms with Gasteiger partial charge in [-0.15, -0.1) is 0 Å². The number of aromatic nitrogens is 1. The van der Waals surface area contributed by atoms with Crippen molar-refractivity contribution in [3.8, 4) is 11.3 Å². The molecule has 0 unspecified atom stereocenters. The lowest BCUT2D eigenvalue weighted by atomic mass is 9.95. The minimum atomic E-state index is -0.0403. The maximum atomic E-state index is 12.7. The normalized spacial score (nSPS) is 16.6. The average Bonchev–Trinajstić information content (AvgIpc) is 3.04. The molecule has 1 aliphatic rings. The SMILES string of the molecule is CN(C(=O)c1cc(-c2ccccc2)on1)C1CCCCCCC1. The number of nitrogens with zero attached hydrogens (tertiary/aromatic N) is 2. The highest BCUT2D eigenvalue weighted by molar-refractivity contribution is 5.93. The summed E-state index contributed by atoms with van der Waals surface area (Å²) in [5.41, 5.74) is 1.33. The zero-order chi connectivity index (χ0) is 16.1. The molecule has 1 aromatic carbocycles. The van der Waals surface area contributed by atoms with Gasteiger partial charge < -0.3 is 9.42 Å². The molecule has 1 aliphatic carbocycles. The van der Waals surface area contributed by atoms with Crippen LogP contribution in [0.25, 0.3) is 11.3 Å². The highest BCUT2D eigenvalue weighted by Crippen LogP contribution is 2.24. The van der Waals surface area contributed by atoms with Crippen molar-refractivity contribution in [1.82, 2.24) is 10.1 Å². The second-order valence-electron chi connectivity index (χ2n) is 6.36. The molecule has 1 aromatic heterocycles. The summed E-state index contributed by atoms with van der Waals surface area (Å²) in [5, 5.41) is 3.98. The van der Waals surface area contributed by atoms with Crippen LogP contribution in [0, 0.1) is 0 Å². The molecule has 0 saturated heterocycles. The van der Waals surface area contributed by atoms with Gasteiger partial charge in [0.05, 0.1) is 0 Å². The first-order valence-corrected chi connectivity index (χ1v) is 8.55. The molecule has 0 atom stereocenters. The first kappa shape index (κ1) is 15.8. The molecule has 0 bridgehead atoms. The van der Waals surface area contributed by atoms with Gasteiger partial charge in [-0.05, 0) is 12.8 Å². The van der Waals surface area contributed by atoms with E-state index < -0.39 is 0 Å². The van der Waals surface area contributed by atoms with E-state index in [2.05, 4.69) is 5.16 Å². The van der Waals surface area contributed by atoms with Crippen molar-refractivity contribution in [2.75, 3.05) is 7.05 Å². The van der Waals surface area contributed by atoms with E-state index in [1.54, 1.807) is 6.07 Å². The van der Waals surface area contributed by atoms with Gasteiger partial charge in [0.15, 0.2) is 11.5 Å². The number of amides is 1. The molecular formula is C19H24N2O2. The molecule has 2 aromatic rings. The molecule has 4 nitrogen and oxygen atoms in total. The quantitative estimate of drug-likeness (QED) is 0.836. The van der Waals surface area contributed by atoms with Crippen LogP contribution in [0.2, 0.25) is 0 Å². The Morgan fingerprint density at radius 3 is 2.43 bits per heavy atom. The summed E-state index contributed by atoms with van der Waals surface area (Å²) < 4.78 is 5.36. The summed E-state index contributed by atoms with van der Waals surface area (Å²) in [6.45, 7) is 0. The molecule has 0 radical (unpaired) electrons. The van der Waals surface area contributed by atoms with Crippen LogP contribution >= 0.6 is 0 Å². The first-order valence-electron chi connectivity index (χ1n) is 8.55. The van der Waals surface area contributed by atoms with Crippen LogP contribution in [-0.2, 0) is 0 Å². The van der Waals surface area contributed by atoms with Crippen molar-refractivity contribution in [3.63, 3.8) is 0 Å². The Labute approximate surface area is 137 Å². The average molecular weight is 312 g/mol. The minimum absolute atomic E-state index is 0.0403. The van der Waals surface area contributed by atoms with E-state index in [1.807, 2.05) is 42.3 Å². The maximum absolute atomic E-state index is 12.7. The van der Waals surface area contributed by atoms with E-state index in [0.717, 1.165) is 18.4 Å². The van der Waals surface area contributed by atoms with Gasteiger partial charge in [-0.1, -0.05) is 67.6 Å². The standard InChI is InChI=1S/C19H24N2O2/c1-21(16-12-8-3-2-4-9-13-16)19(22)17-14-18(23-20-17)15-10-6-5-7-11-15/h5-7,10-11,14,16H,2-4,8-9,12-13H2,1H3. The van der Waals surface area contributed by atoms with Crippen LogP contribution in [0.15, 0.2) is 40.9 Å². The van der Waals surface area contributed by atoms with Crippen molar-refractivity contribution in [2.45, 2.75) is 51.0 Å². The molecule has 4 heteroatoms. The van der Waals surface area contributed by atoms with Crippen molar-refractivity contribution in [1.29, 1.82) is 0 Å². The Hall–Kier alpha value is -2.10. The van der Waals surface area contributed by atoms with Crippen LogP contribution in [0.1, 0.15) is 55.4 Å². The molecule has 122 valence electrons. The lowest BCUT2D eigenvalue weighted by Crippen LogP contribution is -2.37. The number of carbonyl (C=O) groups excluding carboxylic acids is 1. The van der Waals surface area contributed by atoms with Gasteiger partial charge in [-0.3, -0.25) is 4.79 Å². The highest BCUT2D eigenvalue weighted by Gasteiger charge is 2.24. The Morgan fingerprint density at radius 1 is 1.09 bits per heavy atom. The second-order valence-corrected chi connectivity index (χ2v) is 6.36. The lowest BCUT2D eigenvalue weighted by Gasteiger charge is -2.29. The monoisotopic (exact) mass is 312 g/mol. The Kier molecular flexibility index (Phi) is 5.11. The van der Waals surface area contributed by atoms with Crippen LogP contribution in [0.3, 0.4) is 0 Å². The van der Waals surface area contributed by atoms with Crippen LogP contribution < -0.4 is 0 Å². The number of carbonyl (C=O) groups is 1. The van der Waals surface area contributed by atoms with Crippen molar-refractivity contribution in [3.05, 3.63) is 42.1 Å². The third kappa shape index (κ3) is 3.81. The minimum Gasteiger partial charge on any atom is -0.355 e. The van der Waals surface area contributed by atoms with E-state index in [9.17, 15) is 4.79 Å². The molecule has 1 fully saturated rings. The van der Waals surface area contributed by atoms with Crippen LogP contribution in [0.5, 0.6) is 0 Å². The fourth-order valence-corrected chi connectivity index (χ4v) is 3.28. The Balaban J connectivity index is 1.71. The zero-order valence-electron chi connectivity index (χ0n) is 13.7. The maximum Gasteiger partial charge on any atom is 0.276 e. The number of benzene rings is 1. The lowest BCUT2D eigenvalue weighted by molar-refractivity contribution is 0.0696. The van der Waals surface area contributed by atoms with Gasteiger partial charge in [0.25, 0.3) is 5.91 Å². The number of hydrogen-bond acceptors (Lipinski definition) is 3. The van der Waals surface area contributed by atoms with E-state index in [4.69, 9.17) is 4.52 Å². The number of hydrogen-bond donors (Lipinski definition) is 0. The van der Waals surface area contributed by atoms with E-state index >= 15 is 0 Å². The predicted molar refractivity (Wildman–Crippen MR) is 90.1 cm³/mol. The summed E-state index contributed by atoms with van der Waals surface area (Å²) in [4.78, 5) is 14.5. The Bertz CT molecular complexity index is 628. The summed E-state index contributed by atoms with van der Waals surface area (Å²) >= 11 is 0. The predicted octanol–water partition coefficient (Wildman–Crippen LogP) is 4.53. The second kappa shape index (κ2) is 7.44. The van der Waals surface area contributed by atoms with Gasteiger partial charge in [0, 0.05) is 24.7 Å². The largest absolute Gasteiger partial charge is 0.355 e. The summed E-state index contributed by atoms with van der Waals surface area (Å²) in [7, 11) is 1.89. The third-order valence-electron chi connectivity index (χ3n) is 4.73. The van der Waals surface area contributed by atoms with E-state index in [0.29, 0.717) is 17.5 Å². The van der Waals surface area contributed by atoms with Gasteiger partial charge >= 0.3 is 0 Å². The Morgan fingerprint density at radius 2 is 1.74 bits per heavy atom. The molecular weight excluding hydrogens is 288 g/mol. The smallest absolute Gasteiger partial charge is 0.276 e. The molecule has 3 rings (SSSR count). The van der Waals surface area contributed by atoms with Gasteiger partial charge in [0.1, 0.15) is 0 Å². The van der Waals surface area contributed by atoms with Crippen LogP contribution in [-0.4, -0.2) is 29.1 Å². The molecule has 1 amide bonds. The third-order valence-corrected chi connectivity index (χ3v) is 4.73. The summed E-state index contributed by atoms with van der Waals surface area (Å²) in [5.74, 6) is 0.599. The highest BCUT2D eigenvalue weighted by atomic mass is 16.5. The fourth-order valence-electron chi connectivity index (χ4n) is 3.28. The molecule has 0 N–H and O–H groups in total. The summed E-state index contributed by atoms with van der Waals surface area (Å²) in [6, 6.07) is 11.8. The zero-order valence-corrected chi connectivity index (χ0v) is 13.7. The number of rotatable bonds is 3. The van der Waals surface area contributed by atoms with Crippen LogP contribution in [0.4, 0.5) is 0 Å². The van der Waals surface area contributed by atoms with Gasteiger partial charge in [-0.25, -0.2) is 0 Å². The summed E-state index contributed by atoms with van der Waals surface area (Å²) in [6.07, 6.45) is 8.47. The molecule has 0 spiro atoms. The fraction of sp³-hybridized carbons (Fsp3) is 0.474. The van der Waals surface area contributed by atoms with Crippen molar-refractivity contribution in [2.24, 2.45) is 0 Å². The van der Waals surface area contributed by atoms with Gasteiger partial charge in [0.2, 0.25) is 0 Å². The first-order chi connectivity index (χ1) is 11.3. The molecule has 0 aliphatic heterocycles.